The van der Waals surface area contributed by atoms with Crippen molar-refractivity contribution in [3.8, 4) is 0 Å². The molecule has 4 rings (SSSR count). The molecule has 1 aliphatic rings. The number of carbonyl (C=O) groups is 2. The Bertz CT molecular complexity index is 1080. The Morgan fingerprint density at radius 2 is 1.57 bits per heavy atom. The first-order valence-corrected chi connectivity index (χ1v) is 9.96. The molecule has 3 aromatic carbocycles. The van der Waals surface area contributed by atoms with Crippen molar-refractivity contribution in [3.63, 3.8) is 0 Å². The number of benzene rings is 3. The van der Waals surface area contributed by atoms with Crippen molar-refractivity contribution in [2.24, 2.45) is 0 Å². The third-order valence-electron chi connectivity index (χ3n) is 5.68. The van der Waals surface area contributed by atoms with Gasteiger partial charge in [0.25, 0.3) is 5.91 Å². The Hall–Kier alpha value is -3.60. The molecule has 0 aromatic heterocycles. The van der Waals surface area contributed by atoms with Crippen molar-refractivity contribution in [3.05, 3.63) is 90.0 Å². The summed E-state index contributed by atoms with van der Waals surface area (Å²) in [5.74, 6) is -0.282. The van der Waals surface area contributed by atoms with Crippen molar-refractivity contribution in [1.29, 1.82) is 0 Å². The van der Waals surface area contributed by atoms with Crippen molar-refractivity contribution >= 4 is 28.9 Å². The van der Waals surface area contributed by atoms with Gasteiger partial charge in [-0.05, 0) is 48.4 Å². The van der Waals surface area contributed by atoms with Crippen LogP contribution in [0.15, 0.2) is 78.9 Å². The first-order chi connectivity index (χ1) is 14.4. The second-order valence-electron chi connectivity index (χ2n) is 7.81. The molecular formula is C25H25N3O2. The fourth-order valence-corrected chi connectivity index (χ4v) is 3.96. The Morgan fingerprint density at radius 3 is 2.17 bits per heavy atom. The highest BCUT2D eigenvalue weighted by Gasteiger charge is 2.58. The number of rotatable bonds is 5. The van der Waals surface area contributed by atoms with E-state index in [4.69, 9.17) is 0 Å². The molecule has 1 aliphatic heterocycles. The van der Waals surface area contributed by atoms with E-state index < -0.39 is 5.54 Å². The maximum atomic E-state index is 13.7. The molecule has 0 radical (unpaired) electrons. The molecule has 30 heavy (non-hydrogen) atoms. The lowest BCUT2D eigenvalue weighted by Crippen LogP contribution is -2.67. The third kappa shape index (κ3) is 3.22. The van der Waals surface area contributed by atoms with Gasteiger partial charge in [-0.1, -0.05) is 48.5 Å². The number of nitrogens with one attached hydrogen (secondary N) is 1. The minimum Gasteiger partial charge on any atom is -0.378 e. The Balaban J connectivity index is 1.80. The first-order valence-electron chi connectivity index (χ1n) is 9.96. The summed E-state index contributed by atoms with van der Waals surface area (Å²) in [6.45, 7) is 1.95. The van der Waals surface area contributed by atoms with Crippen LogP contribution in [0, 0.1) is 6.92 Å². The fourth-order valence-electron chi connectivity index (χ4n) is 3.96. The average Bonchev–Trinajstić information content (AvgIpc) is 2.74. The number of aryl methyl sites for hydroxylation is 1. The van der Waals surface area contributed by atoms with Gasteiger partial charge < -0.3 is 10.2 Å². The predicted molar refractivity (Wildman–Crippen MR) is 121 cm³/mol. The summed E-state index contributed by atoms with van der Waals surface area (Å²) < 4.78 is 0. The summed E-state index contributed by atoms with van der Waals surface area (Å²) in [6, 6.07) is 24.9. The molecular weight excluding hydrogens is 374 g/mol. The van der Waals surface area contributed by atoms with E-state index in [1.165, 1.54) is 0 Å². The summed E-state index contributed by atoms with van der Waals surface area (Å²) in [7, 11) is 3.94. The highest BCUT2D eigenvalue weighted by atomic mass is 16.2. The van der Waals surface area contributed by atoms with Crippen molar-refractivity contribution in [1.82, 2.24) is 0 Å². The second-order valence-corrected chi connectivity index (χ2v) is 7.81. The molecule has 5 heteroatoms. The van der Waals surface area contributed by atoms with Crippen molar-refractivity contribution in [2.75, 3.05) is 29.2 Å². The van der Waals surface area contributed by atoms with Gasteiger partial charge in [-0.2, -0.15) is 0 Å². The predicted octanol–water partition coefficient (Wildman–Crippen LogP) is 4.33. The molecule has 0 spiro atoms. The molecule has 5 nitrogen and oxygen atoms in total. The lowest BCUT2D eigenvalue weighted by Gasteiger charge is -2.50. The maximum absolute atomic E-state index is 13.7. The van der Waals surface area contributed by atoms with E-state index in [1.54, 1.807) is 4.90 Å². The van der Waals surface area contributed by atoms with Crippen LogP contribution in [-0.4, -0.2) is 25.9 Å². The van der Waals surface area contributed by atoms with E-state index in [2.05, 4.69) is 5.32 Å². The topological polar surface area (TPSA) is 52.7 Å². The SMILES string of the molecule is Cc1ccccc1NC(=O)C1(c2ccc(N(C)C)cc2)CC(=O)N1c1ccccc1. The van der Waals surface area contributed by atoms with Gasteiger partial charge in [-0.25, -0.2) is 0 Å². The molecule has 3 aromatic rings. The molecule has 1 N–H and O–H groups in total. The van der Waals surface area contributed by atoms with E-state index in [1.807, 2.05) is 105 Å². The number of hydrogen-bond acceptors (Lipinski definition) is 3. The Kier molecular flexibility index (Phi) is 5.04. The lowest BCUT2D eigenvalue weighted by atomic mass is 9.76. The standard InChI is InChI=1S/C25H25N3O2/c1-18-9-7-8-12-22(18)26-24(30)25(19-13-15-20(16-14-19)27(2)3)17-23(29)28(25)21-10-5-4-6-11-21/h4-16H,17H2,1-3H3,(H,26,30). The molecule has 1 heterocycles. The van der Waals surface area contributed by atoms with E-state index in [0.29, 0.717) is 5.69 Å². The quantitative estimate of drug-likeness (QED) is 0.650. The molecule has 2 amide bonds. The fraction of sp³-hybridized carbons (Fsp3) is 0.200. The number of para-hydroxylation sites is 2. The monoisotopic (exact) mass is 399 g/mol. The van der Waals surface area contributed by atoms with Crippen LogP contribution in [0.1, 0.15) is 17.5 Å². The zero-order valence-electron chi connectivity index (χ0n) is 17.4. The zero-order valence-corrected chi connectivity index (χ0v) is 17.4. The van der Waals surface area contributed by atoms with Crippen LogP contribution in [0.3, 0.4) is 0 Å². The third-order valence-corrected chi connectivity index (χ3v) is 5.68. The first kappa shape index (κ1) is 19.7. The van der Waals surface area contributed by atoms with Crippen LogP contribution in [-0.2, 0) is 15.1 Å². The molecule has 152 valence electrons. The largest absolute Gasteiger partial charge is 0.378 e. The smallest absolute Gasteiger partial charge is 0.255 e. The van der Waals surface area contributed by atoms with Crippen molar-refractivity contribution < 1.29 is 9.59 Å². The zero-order chi connectivity index (χ0) is 21.3. The molecule has 1 saturated heterocycles. The second kappa shape index (κ2) is 7.67. The minimum absolute atomic E-state index is 0.0715. The molecule has 0 bridgehead atoms. The molecule has 0 aliphatic carbocycles. The molecule has 1 fully saturated rings. The Morgan fingerprint density at radius 1 is 0.933 bits per heavy atom. The highest BCUT2D eigenvalue weighted by Crippen LogP contribution is 2.46. The van der Waals surface area contributed by atoms with Gasteiger partial charge in [0.05, 0.1) is 6.42 Å². The summed E-state index contributed by atoms with van der Waals surface area (Å²) in [4.78, 5) is 30.1. The number of nitrogens with zero attached hydrogens (tertiary/aromatic N) is 2. The van der Waals surface area contributed by atoms with Crippen LogP contribution < -0.4 is 15.1 Å². The summed E-state index contributed by atoms with van der Waals surface area (Å²) in [6.07, 6.45) is 0.126. The number of amides is 2. The number of anilines is 3. The Labute approximate surface area is 176 Å². The van der Waals surface area contributed by atoms with Gasteiger partial charge in [0.1, 0.15) is 0 Å². The van der Waals surface area contributed by atoms with E-state index in [0.717, 1.165) is 22.5 Å². The highest BCUT2D eigenvalue weighted by molar-refractivity contribution is 6.17. The van der Waals surface area contributed by atoms with Gasteiger partial charge in [-0.3, -0.25) is 14.5 Å². The van der Waals surface area contributed by atoms with E-state index in [-0.39, 0.29) is 18.2 Å². The van der Waals surface area contributed by atoms with Crippen LogP contribution in [0.2, 0.25) is 0 Å². The average molecular weight is 399 g/mol. The molecule has 1 atom stereocenters. The molecule has 0 saturated carbocycles. The van der Waals surface area contributed by atoms with E-state index in [9.17, 15) is 9.59 Å². The normalized spacial score (nSPS) is 18.0. The minimum atomic E-state index is -1.09. The number of hydrogen-bond donors (Lipinski definition) is 1. The molecule has 1 unspecified atom stereocenters. The van der Waals surface area contributed by atoms with Crippen LogP contribution >= 0.6 is 0 Å². The van der Waals surface area contributed by atoms with Gasteiger partial charge in [0.2, 0.25) is 5.91 Å². The maximum Gasteiger partial charge on any atom is 0.255 e. The van der Waals surface area contributed by atoms with Crippen molar-refractivity contribution in [2.45, 2.75) is 18.9 Å². The van der Waals surface area contributed by atoms with Crippen LogP contribution in [0.25, 0.3) is 0 Å². The van der Waals surface area contributed by atoms with Crippen LogP contribution in [0.4, 0.5) is 17.1 Å². The van der Waals surface area contributed by atoms with Gasteiger partial charge >= 0.3 is 0 Å². The van der Waals surface area contributed by atoms with Gasteiger partial charge in [-0.15, -0.1) is 0 Å². The van der Waals surface area contributed by atoms with Crippen LogP contribution in [0.5, 0.6) is 0 Å². The van der Waals surface area contributed by atoms with E-state index >= 15 is 0 Å². The summed E-state index contributed by atoms with van der Waals surface area (Å²) >= 11 is 0. The number of carbonyl (C=O) groups excluding carboxylic acids is 2. The van der Waals surface area contributed by atoms with Gasteiger partial charge in [0, 0.05) is 31.2 Å². The lowest BCUT2D eigenvalue weighted by molar-refractivity contribution is -0.137. The van der Waals surface area contributed by atoms with Gasteiger partial charge in [0.15, 0.2) is 5.54 Å². The number of β-lactam (4-membered cyclic amide) rings is 1. The summed E-state index contributed by atoms with van der Waals surface area (Å²) in [5.41, 5.74) is 3.17. The summed E-state index contributed by atoms with van der Waals surface area (Å²) in [5, 5.41) is 3.07.